The number of pyridine rings is 1. The number of aliphatic imine (C=N–C) groups is 2. The van der Waals surface area contributed by atoms with Crippen molar-refractivity contribution >= 4 is 23.8 Å². The fourth-order valence-electron chi connectivity index (χ4n) is 4.60. The van der Waals surface area contributed by atoms with Crippen molar-refractivity contribution in [2.24, 2.45) is 9.98 Å². The summed E-state index contributed by atoms with van der Waals surface area (Å²) in [7, 11) is 0. The largest absolute Gasteiger partial charge is 3.00 e. The molecule has 0 saturated heterocycles. The van der Waals surface area contributed by atoms with Crippen LogP contribution < -0.4 is 37.2 Å². The third kappa shape index (κ3) is 10.8. The summed E-state index contributed by atoms with van der Waals surface area (Å²) in [6, 6.07) is 15.1. The van der Waals surface area contributed by atoms with Crippen molar-refractivity contribution < 1.29 is 78.1 Å². The second-order valence-electron chi connectivity index (χ2n) is 11.2. The van der Waals surface area contributed by atoms with Crippen LogP contribution in [0.3, 0.4) is 0 Å². The van der Waals surface area contributed by atoms with E-state index in [0.29, 0.717) is 23.7 Å². The molecule has 0 aliphatic heterocycles. The maximum atomic E-state index is 4.97. The molecule has 40 heavy (non-hydrogen) atoms. The summed E-state index contributed by atoms with van der Waals surface area (Å²) < 4.78 is 0. The molecule has 0 aliphatic carbocycles. The number of rotatable bonds is 8. The van der Waals surface area contributed by atoms with E-state index in [-0.39, 0.29) is 78.1 Å². The van der Waals surface area contributed by atoms with Gasteiger partial charge in [-0.2, -0.15) is 0 Å². The van der Waals surface area contributed by atoms with Gasteiger partial charge in [-0.25, -0.2) is 4.98 Å². The number of hydrogen-bond acceptors (Lipinski definition) is 3. The van der Waals surface area contributed by atoms with Crippen molar-refractivity contribution in [3.05, 3.63) is 87.2 Å². The van der Waals surface area contributed by atoms with Gasteiger partial charge in [0, 0.05) is 0 Å². The summed E-state index contributed by atoms with van der Waals surface area (Å²) in [5.74, 6) is 1.61. The molecule has 1 radical (unpaired) electrons. The van der Waals surface area contributed by atoms with Gasteiger partial charge < -0.3 is 37.2 Å². The minimum atomic E-state index is 0. The molecule has 0 atom stereocenters. The Kier molecular flexibility index (Phi) is 19.2. The molecule has 0 unspecified atom stereocenters. The standard InChI is InChI=1S/C33H43N3.3ClH.Nd/c1-20(2)28-14-24(9)15-29(21(3)4)32(28)34-18-26-12-11-13-27(36-26)19-35-33-30(22(5)6)16-25(10)17-31(33)23(7)8;;;;/h11-23H,1-10H3;3*1H;/q;;;;+3/p-3. The normalized spacial score (nSPS) is 11.2. The van der Waals surface area contributed by atoms with Crippen LogP contribution in [0.15, 0.2) is 52.4 Å². The van der Waals surface area contributed by atoms with Crippen LogP contribution >= 0.6 is 0 Å². The van der Waals surface area contributed by atoms with Crippen molar-refractivity contribution in [2.45, 2.75) is 92.9 Å². The first-order chi connectivity index (χ1) is 17.0. The Balaban J connectivity index is 0. The molecule has 0 bridgehead atoms. The topological polar surface area (TPSA) is 37.6 Å². The summed E-state index contributed by atoms with van der Waals surface area (Å²) in [5.41, 5.74) is 11.5. The molecule has 0 saturated carbocycles. The molecule has 215 valence electrons. The number of halogens is 3. The SMILES string of the molecule is Cc1cc(C(C)C)c(N=Cc2cccc(C=Nc3c(C(C)C)cc(C)cc3C(C)C)n2)c(C(C)C)c1.[Cl-].[Cl-].[Cl-].[Nd+3]. The fraction of sp³-hybridized carbons (Fsp3) is 0.424. The first-order valence-electron chi connectivity index (χ1n) is 13.3. The van der Waals surface area contributed by atoms with Gasteiger partial charge in [0.15, 0.2) is 0 Å². The number of hydrogen-bond donors (Lipinski definition) is 0. The van der Waals surface area contributed by atoms with Crippen molar-refractivity contribution in [1.82, 2.24) is 4.98 Å². The summed E-state index contributed by atoms with van der Waals surface area (Å²) >= 11 is 0. The monoisotopic (exact) mass is 728 g/mol. The van der Waals surface area contributed by atoms with Crippen LogP contribution in [-0.2, 0) is 0 Å². The van der Waals surface area contributed by atoms with Crippen LogP contribution in [0.2, 0.25) is 0 Å². The molecule has 0 spiro atoms. The number of aryl methyl sites for hydroxylation is 2. The van der Waals surface area contributed by atoms with Gasteiger partial charge in [0.25, 0.3) is 0 Å². The van der Waals surface area contributed by atoms with E-state index in [4.69, 9.17) is 15.0 Å². The van der Waals surface area contributed by atoms with Gasteiger partial charge in [-0.1, -0.05) is 96.8 Å². The number of aromatic nitrogens is 1. The molecule has 7 heteroatoms. The Labute approximate surface area is 294 Å². The van der Waals surface area contributed by atoms with Crippen molar-refractivity contribution in [3.63, 3.8) is 0 Å². The zero-order chi connectivity index (χ0) is 26.6. The summed E-state index contributed by atoms with van der Waals surface area (Å²) in [6.07, 6.45) is 3.79. The molecule has 3 rings (SSSR count). The maximum absolute atomic E-state index is 4.97. The Hall–Kier alpha value is -0.849. The van der Waals surface area contributed by atoms with E-state index in [1.165, 1.54) is 33.4 Å². The summed E-state index contributed by atoms with van der Waals surface area (Å²) in [4.78, 5) is 14.8. The second-order valence-corrected chi connectivity index (χ2v) is 11.2. The number of benzene rings is 2. The van der Waals surface area contributed by atoms with Gasteiger partial charge >= 0.3 is 40.8 Å². The Morgan fingerprint density at radius 2 is 0.825 bits per heavy atom. The van der Waals surface area contributed by atoms with Crippen molar-refractivity contribution in [3.8, 4) is 0 Å². The van der Waals surface area contributed by atoms with Crippen LogP contribution in [0, 0.1) is 54.7 Å². The molecule has 0 fully saturated rings. The molecule has 0 N–H and O–H groups in total. The van der Waals surface area contributed by atoms with Crippen LogP contribution in [-0.4, -0.2) is 17.4 Å². The van der Waals surface area contributed by atoms with Gasteiger partial charge in [-0.15, -0.1) is 0 Å². The van der Waals surface area contributed by atoms with Gasteiger partial charge in [0.1, 0.15) is 0 Å². The van der Waals surface area contributed by atoms with Crippen molar-refractivity contribution in [1.29, 1.82) is 0 Å². The number of nitrogens with zero attached hydrogens (tertiary/aromatic N) is 3. The van der Waals surface area contributed by atoms with E-state index in [0.717, 1.165) is 22.8 Å². The van der Waals surface area contributed by atoms with Gasteiger partial charge in [-0.05, 0) is 71.9 Å². The maximum Gasteiger partial charge on any atom is 3.00 e. The first-order valence-corrected chi connectivity index (χ1v) is 13.3. The smallest absolute Gasteiger partial charge is 1.00 e. The van der Waals surface area contributed by atoms with Gasteiger partial charge in [0.05, 0.1) is 35.2 Å². The van der Waals surface area contributed by atoms with Gasteiger partial charge in [-0.3, -0.25) is 9.98 Å². The van der Waals surface area contributed by atoms with E-state index in [1.807, 2.05) is 30.6 Å². The van der Waals surface area contributed by atoms with E-state index in [2.05, 4.69) is 93.5 Å². The quantitative estimate of drug-likeness (QED) is 0.315. The molecule has 0 amide bonds. The molecule has 3 nitrogen and oxygen atoms in total. The Morgan fingerprint density at radius 1 is 0.550 bits per heavy atom. The van der Waals surface area contributed by atoms with Crippen LogP contribution in [0.5, 0.6) is 0 Å². The minimum absolute atomic E-state index is 0. The predicted octanol–water partition coefficient (Wildman–Crippen LogP) is 0.705. The molecule has 1 aromatic heterocycles. The molecule has 3 aromatic rings. The fourth-order valence-corrected chi connectivity index (χ4v) is 4.60. The Bertz CT molecular complexity index is 1130. The zero-order valence-corrected chi connectivity index (χ0v) is 31.0. The third-order valence-corrected chi connectivity index (χ3v) is 6.56. The average Bonchev–Trinajstić information content (AvgIpc) is 2.81. The van der Waals surface area contributed by atoms with E-state index in [9.17, 15) is 0 Å². The summed E-state index contributed by atoms with van der Waals surface area (Å²) in [5, 5.41) is 0. The van der Waals surface area contributed by atoms with Crippen LogP contribution in [0.4, 0.5) is 11.4 Å². The first kappa shape index (κ1) is 41.3. The van der Waals surface area contributed by atoms with Gasteiger partial charge in [0.2, 0.25) is 0 Å². The molecule has 2 aromatic carbocycles. The van der Waals surface area contributed by atoms with E-state index < -0.39 is 0 Å². The van der Waals surface area contributed by atoms with E-state index >= 15 is 0 Å². The van der Waals surface area contributed by atoms with E-state index in [1.54, 1.807) is 0 Å². The average molecular weight is 732 g/mol. The van der Waals surface area contributed by atoms with Crippen molar-refractivity contribution in [2.75, 3.05) is 0 Å². The Morgan fingerprint density at radius 3 is 1.07 bits per heavy atom. The molecule has 0 aliphatic rings. The summed E-state index contributed by atoms with van der Waals surface area (Å²) in [6.45, 7) is 22.2. The zero-order valence-electron chi connectivity index (χ0n) is 25.5. The molecular formula is C33H43Cl3N3Nd. The predicted molar refractivity (Wildman–Crippen MR) is 157 cm³/mol. The van der Waals surface area contributed by atoms with Crippen LogP contribution in [0.25, 0.3) is 0 Å². The second kappa shape index (κ2) is 18.6. The molecular weight excluding hydrogens is 689 g/mol. The molecule has 1 heterocycles. The third-order valence-electron chi connectivity index (χ3n) is 6.56. The van der Waals surface area contributed by atoms with Crippen LogP contribution in [0.1, 0.15) is 124 Å². The minimum Gasteiger partial charge on any atom is -1.00 e.